The Morgan fingerprint density at radius 1 is 1.22 bits per heavy atom. The quantitative estimate of drug-likeness (QED) is 0.800. The average Bonchev–Trinajstić information content (AvgIpc) is 2.94. The van der Waals surface area contributed by atoms with E-state index >= 15 is 0 Å². The first-order chi connectivity index (χ1) is 8.58. The van der Waals surface area contributed by atoms with Crippen LogP contribution in [0.4, 0.5) is 0 Å². The SMILES string of the molecule is C[C@@H]1CN(C(=O)CCN2CCCC2)C[C@H]1C(=O)O. The molecule has 0 radical (unpaired) electrons. The van der Waals surface area contributed by atoms with Gasteiger partial charge in [0.1, 0.15) is 0 Å². The third-order valence-corrected chi connectivity index (χ3v) is 4.12. The van der Waals surface area contributed by atoms with Gasteiger partial charge in [0, 0.05) is 26.1 Å². The summed E-state index contributed by atoms with van der Waals surface area (Å²) in [5, 5.41) is 9.04. The molecule has 0 aromatic rings. The van der Waals surface area contributed by atoms with Crippen molar-refractivity contribution >= 4 is 11.9 Å². The van der Waals surface area contributed by atoms with E-state index < -0.39 is 5.97 Å². The van der Waals surface area contributed by atoms with E-state index in [9.17, 15) is 9.59 Å². The van der Waals surface area contributed by atoms with Crippen molar-refractivity contribution in [1.82, 2.24) is 9.80 Å². The number of hydrogen-bond acceptors (Lipinski definition) is 3. The zero-order chi connectivity index (χ0) is 13.1. The molecule has 5 heteroatoms. The lowest BCUT2D eigenvalue weighted by Gasteiger charge is -2.19. The molecule has 0 aliphatic carbocycles. The summed E-state index contributed by atoms with van der Waals surface area (Å²) in [6, 6.07) is 0. The number of rotatable bonds is 4. The number of amides is 1. The molecule has 2 heterocycles. The molecule has 2 saturated heterocycles. The monoisotopic (exact) mass is 254 g/mol. The van der Waals surface area contributed by atoms with Crippen molar-refractivity contribution in [3.05, 3.63) is 0 Å². The Kier molecular flexibility index (Phi) is 4.22. The van der Waals surface area contributed by atoms with Crippen molar-refractivity contribution < 1.29 is 14.7 Å². The molecule has 2 aliphatic heterocycles. The fourth-order valence-electron chi connectivity index (χ4n) is 2.91. The second-order valence-electron chi connectivity index (χ2n) is 5.52. The zero-order valence-electron chi connectivity index (χ0n) is 11.0. The van der Waals surface area contributed by atoms with Crippen LogP contribution in [0, 0.1) is 11.8 Å². The number of carbonyl (C=O) groups excluding carboxylic acids is 1. The number of nitrogens with zero attached hydrogens (tertiary/aromatic N) is 2. The van der Waals surface area contributed by atoms with E-state index in [0.29, 0.717) is 19.5 Å². The standard InChI is InChI=1S/C13H22N2O3/c1-10-8-15(9-11(10)13(17)18)12(16)4-7-14-5-2-3-6-14/h10-11H,2-9H2,1H3,(H,17,18)/t10-,11-/m1/s1. The number of carboxylic acids is 1. The van der Waals surface area contributed by atoms with E-state index in [-0.39, 0.29) is 17.7 Å². The topological polar surface area (TPSA) is 60.9 Å². The maximum atomic E-state index is 12.0. The summed E-state index contributed by atoms with van der Waals surface area (Å²) in [5.41, 5.74) is 0. The molecular weight excluding hydrogens is 232 g/mol. The Hall–Kier alpha value is -1.10. The van der Waals surface area contributed by atoms with Crippen LogP contribution < -0.4 is 0 Å². The minimum atomic E-state index is -0.780. The number of hydrogen-bond donors (Lipinski definition) is 1. The minimum absolute atomic E-state index is 0.0678. The van der Waals surface area contributed by atoms with Gasteiger partial charge < -0.3 is 14.9 Å². The van der Waals surface area contributed by atoms with Gasteiger partial charge >= 0.3 is 5.97 Å². The van der Waals surface area contributed by atoms with E-state index in [1.165, 1.54) is 12.8 Å². The minimum Gasteiger partial charge on any atom is -0.481 e. The summed E-state index contributed by atoms with van der Waals surface area (Å²) in [4.78, 5) is 27.1. The van der Waals surface area contributed by atoms with E-state index in [1.807, 2.05) is 6.92 Å². The molecule has 102 valence electrons. The second kappa shape index (κ2) is 5.69. The van der Waals surface area contributed by atoms with Crippen LogP contribution >= 0.6 is 0 Å². The average molecular weight is 254 g/mol. The van der Waals surface area contributed by atoms with Gasteiger partial charge in [0.15, 0.2) is 0 Å². The van der Waals surface area contributed by atoms with Gasteiger partial charge in [-0.15, -0.1) is 0 Å². The van der Waals surface area contributed by atoms with Crippen molar-refractivity contribution in [2.45, 2.75) is 26.2 Å². The van der Waals surface area contributed by atoms with Crippen molar-refractivity contribution in [2.24, 2.45) is 11.8 Å². The van der Waals surface area contributed by atoms with Crippen LogP contribution in [0.3, 0.4) is 0 Å². The Morgan fingerprint density at radius 2 is 1.89 bits per heavy atom. The van der Waals surface area contributed by atoms with Crippen LogP contribution in [-0.2, 0) is 9.59 Å². The summed E-state index contributed by atoms with van der Waals surface area (Å²) in [5.74, 6) is -0.992. The first-order valence-electron chi connectivity index (χ1n) is 6.81. The summed E-state index contributed by atoms with van der Waals surface area (Å²) in [6.07, 6.45) is 2.99. The van der Waals surface area contributed by atoms with E-state index in [2.05, 4.69) is 4.90 Å². The maximum absolute atomic E-state index is 12.0. The first-order valence-corrected chi connectivity index (χ1v) is 6.81. The predicted molar refractivity (Wildman–Crippen MR) is 67.2 cm³/mol. The summed E-state index contributed by atoms with van der Waals surface area (Å²) in [7, 11) is 0. The molecule has 2 rings (SSSR count). The highest BCUT2D eigenvalue weighted by Gasteiger charge is 2.36. The van der Waals surface area contributed by atoms with Crippen LogP contribution in [0.25, 0.3) is 0 Å². The molecule has 18 heavy (non-hydrogen) atoms. The molecule has 2 atom stereocenters. The second-order valence-corrected chi connectivity index (χ2v) is 5.52. The molecule has 1 amide bonds. The molecular formula is C13H22N2O3. The Morgan fingerprint density at radius 3 is 2.44 bits per heavy atom. The lowest BCUT2D eigenvalue weighted by Crippen LogP contribution is -2.33. The molecule has 0 unspecified atom stereocenters. The number of likely N-dealkylation sites (tertiary alicyclic amines) is 2. The fraction of sp³-hybridized carbons (Fsp3) is 0.846. The molecule has 2 fully saturated rings. The van der Waals surface area contributed by atoms with E-state index in [4.69, 9.17) is 5.11 Å². The fourth-order valence-corrected chi connectivity index (χ4v) is 2.91. The number of aliphatic carboxylic acids is 1. The smallest absolute Gasteiger partial charge is 0.308 e. The van der Waals surface area contributed by atoms with Gasteiger partial charge in [-0.05, 0) is 31.8 Å². The van der Waals surface area contributed by atoms with Gasteiger partial charge in [-0.1, -0.05) is 6.92 Å². The summed E-state index contributed by atoms with van der Waals surface area (Å²) in [6.45, 7) is 5.90. The molecule has 0 spiro atoms. The highest BCUT2D eigenvalue weighted by atomic mass is 16.4. The predicted octanol–water partition coefficient (Wildman–Crippen LogP) is 0.651. The van der Waals surface area contributed by atoms with Crippen LogP contribution in [0.5, 0.6) is 0 Å². The highest BCUT2D eigenvalue weighted by Crippen LogP contribution is 2.23. The maximum Gasteiger partial charge on any atom is 0.308 e. The van der Waals surface area contributed by atoms with Crippen LogP contribution in [0.2, 0.25) is 0 Å². The van der Waals surface area contributed by atoms with Crippen LogP contribution in [0.1, 0.15) is 26.2 Å². The van der Waals surface area contributed by atoms with Gasteiger partial charge in [-0.3, -0.25) is 9.59 Å². The first kappa shape index (κ1) is 13.3. The number of carbonyl (C=O) groups is 2. The van der Waals surface area contributed by atoms with Crippen LogP contribution in [0.15, 0.2) is 0 Å². The number of carboxylic acid groups (broad SMARTS) is 1. The lowest BCUT2D eigenvalue weighted by molar-refractivity contribution is -0.142. The van der Waals surface area contributed by atoms with E-state index in [1.54, 1.807) is 4.90 Å². The van der Waals surface area contributed by atoms with Gasteiger partial charge in [0.25, 0.3) is 0 Å². The highest BCUT2D eigenvalue weighted by molar-refractivity contribution is 5.79. The van der Waals surface area contributed by atoms with Gasteiger partial charge in [0.05, 0.1) is 5.92 Å². The molecule has 2 aliphatic rings. The Balaban J connectivity index is 1.77. The van der Waals surface area contributed by atoms with E-state index in [0.717, 1.165) is 19.6 Å². The Bertz CT molecular complexity index is 326. The molecule has 0 saturated carbocycles. The van der Waals surface area contributed by atoms with Crippen molar-refractivity contribution in [1.29, 1.82) is 0 Å². The Labute approximate surface area is 108 Å². The molecule has 0 bridgehead atoms. The van der Waals surface area contributed by atoms with Crippen LogP contribution in [-0.4, -0.2) is 59.5 Å². The van der Waals surface area contributed by atoms with Crippen molar-refractivity contribution in [2.75, 3.05) is 32.7 Å². The normalized spacial score (nSPS) is 28.8. The van der Waals surface area contributed by atoms with Crippen molar-refractivity contribution in [3.63, 3.8) is 0 Å². The van der Waals surface area contributed by atoms with Crippen molar-refractivity contribution in [3.8, 4) is 0 Å². The summed E-state index contributed by atoms with van der Waals surface area (Å²) < 4.78 is 0. The lowest BCUT2D eigenvalue weighted by atomic mass is 9.99. The van der Waals surface area contributed by atoms with Gasteiger partial charge in [-0.2, -0.15) is 0 Å². The molecule has 0 aromatic heterocycles. The summed E-state index contributed by atoms with van der Waals surface area (Å²) >= 11 is 0. The van der Waals surface area contributed by atoms with Gasteiger partial charge in [-0.25, -0.2) is 0 Å². The zero-order valence-corrected chi connectivity index (χ0v) is 11.0. The molecule has 1 N–H and O–H groups in total. The third-order valence-electron chi connectivity index (χ3n) is 4.12. The molecule has 0 aromatic carbocycles. The molecule has 5 nitrogen and oxygen atoms in total. The third kappa shape index (κ3) is 3.02. The van der Waals surface area contributed by atoms with Gasteiger partial charge in [0.2, 0.25) is 5.91 Å². The largest absolute Gasteiger partial charge is 0.481 e.